The van der Waals surface area contributed by atoms with Gasteiger partial charge in [0.15, 0.2) is 0 Å². The summed E-state index contributed by atoms with van der Waals surface area (Å²) in [5.74, 6) is 0. The van der Waals surface area contributed by atoms with Gasteiger partial charge in [-0.2, -0.15) is 0 Å². The highest BCUT2D eigenvalue weighted by Crippen LogP contribution is 2.42. The average molecular weight is 837 g/mol. The summed E-state index contributed by atoms with van der Waals surface area (Å²) < 4.78 is 8.82. The maximum absolute atomic E-state index is 6.25. The lowest BCUT2D eigenvalue weighted by Gasteiger charge is -2.26. The van der Waals surface area contributed by atoms with Gasteiger partial charge in [0.2, 0.25) is 0 Å². The molecule has 0 saturated heterocycles. The van der Waals surface area contributed by atoms with Gasteiger partial charge < -0.3 is 14.2 Å². The van der Waals surface area contributed by atoms with Gasteiger partial charge in [-0.3, -0.25) is 0 Å². The number of thiophene rings is 1. The highest BCUT2D eigenvalue weighted by molar-refractivity contribution is 7.25. The van der Waals surface area contributed by atoms with Crippen LogP contribution in [0.5, 0.6) is 0 Å². The van der Waals surface area contributed by atoms with E-state index < -0.39 is 0 Å². The van der Waals surface area contributed by atoms with E-state index in [9.17, 15) is 0 Å². The zero-order valence-corrected chi connectivity index (χ0v) is 35.6. The number of para-hydroxylation sites is 4. The summed E-state index contributed by atoms with van der Waals surface area (Å²) in [4.78, 5) is 4.62. The molecule has 0 N–H and O–H groups in total. The minimum Gasteiger partial charge on any atom is -0.456 e. The molecule has 2 heterocycles. The van der Waals surface area contributed by atoms with Crippen LogP contribution in [-0.4, -0.2) is 0 Å². The number of fused-ring (bicyclic) bond motifs is 6. The summed E-state index contributed by atoms with van der Waals surface area (Å²) in [5, 5.41) is 4.85. The van der Waals surface area contributed by atoms with Crippen molar-refractivity contribution in [1.29, 1.82) is 0 Å². The van der Waals surface area contributed by atoms with Crippen LogP contribution < -0.4 is 9.80 Å². The predicted molar refractivity (Wildman–Crippen MR) is 272 cm³/mol. The second-order valence-corrected chi connectivity index (χ2v) is 17.2. The van der Waals surface area contributed by atoms with Crippen LogP contribution in [-0.2, 0) is 0 Å². The van der Waals surface area contributed by atoms with E-state index >= 15 is 0 Å². The summed E-state index contributed by atoms with van der Waals surface area (Å²) in [7, 11) is 0. The van der Waals surface area contributed by atoms with Gasteiger partial charge >= 0.3 is 0 Å². The first-order valence-electron chi connectivity index (χ1n) is 21.6. The third kappa shape index (κ3) is 6.87. The van der Waals surface area contributed by atoms with Gasteiger partial charge in [-0.25, -0.2) is 0 Å². The Hall–Kier alpha value is -8.18. The number of hydrogen-bond acceptors (Lipinski definition) is 4. The fraction of sp³-hybridized carbons (Fsp3) is 0. The predicted octanol–water partition coefficient (Wildman–Crippen LogP) is 17.9. The molecule has 4 heteroatoms. The molecule has 0 bridgehead atoms. The first-order valence-corrected chi connectivity index (χ1v) is 22.5. The summed E-state index contributed by atoms with van der Waals surface area (Å²) in [6, 6.07) is 87.0. The number of benzene rings is 10. The highest BCUT2D eigenvalue weighted by Gasteiger charge is 2.16. The molecule has 0 radical (unpaired) electrons. The SMILES string of the molecule is c1ccc(N(c2ccccc2)c2ccc(-c3ccc(N(c4ccccc4)c4ccc(-c5ccc6sc7ccc(-c8ccc9c(c8)oc8ccccc89)cc7c6c5)cc4)cc3)cc2)cc1. The summed E-state index contributed by atoms with van der Waals surface area (Å²) in [6.07, 6.45) is 0. The maximum Gasteiger partial charge on any atom is 0.136 e. The van der Waals surface area contributed by atoms with Crippen molar-refractivity contribution in [3.63, 3.8) is 0 Å². The zero-order chi connectivity index (χ0) is 42.4. The molecule has 302 valence electrons. The molecular formula is C60H40N2OS. The van der Waals surface area contributed by atoms with Crippen LogP contribution in [0.4, 0.5) is 34.1 Å². The molecule has 12 aromatic rings. The molecule has 0 aliphatic carbocycles. The van der Waals surface area contributed by atoms with Gasteiger partial charge in [0.1, 0.15) is 11.2 Å². The monoisotopic (exact) mass is 836 g/mol. The van der Waals surface area contributed by atoms with Crippen LogP contribution in [0.1, 0.15) is 0 Å². The Kier molecular flexibility index (Phi) is 9.36. The van der Waals surface area contributed by atoms with Crippen molar-refractivity contribution >= 4 is 87.6 Å². The van der Waals surface area contributed by atoms with Crippen molar-refractivity contribution in [3.8, 4) is 33.4 Å². The topological polar surface area (TPSA) is 19.6 Å². The number of furan rings is 1. The second-order valence-electron chi connectivity index (χ2n) is 16.2. The number of rotatable bonds is 9. The number of anilines is 6. The number of nitrogens with zero attached hydrogens (tertiary/aromatic N) is 2. The molecule has 12 rings (SSSR count). The molecule has 0 fully saturated rings. The van der Waals surface area contributed by atoms with E-state index in [0.29, 0.717) is 0 Å². The van der Waals surface area contributed by atoms with Crippen LogP contribution >= 0.6 is 11.3 Å². The second kappa shape index (κ2) is 15.9. The van der Waals surface area contributed by atoms with Crippen molar-refractivity contribution in [2.75, 3.05) is 9.80 Å². The Morgan fingerprint density at radius 1 is 0.250 bits per heavy atom. The fourth-order valence-corrected chi connectivity index (χ4v) is 10.1. The van der Waals surface area contributed by atoms with Crippen molar-refractivity contribution < 1.29 is 4.42 Å². The van der Waals surface area contributed by atoms with Crippen molar-refractivity contribution in [2.24, 2.45) is 0 Å². The fourth-order valence-electron chi connectivity index (χ4n) is 9.08. The van der Waals surface area contributed by atoms with E-state index in [4.69, 9.17) is 4.42 Å². The molecule has 0 amide bonds. The molecule has 0 aliphatic heterocycles. The summed E-state index contributed by atoms with van der Waals surface area (Å²) >= 11 is 1.85. The Morgan fingerprint density at radius 2 is 0.594 bits per heavy atom. The largest absolute Gasteiger partial charge is 0.456 e. The lowest BCUT2D eigenvalue weighted by atomic mass is 9.99. The molecule has 10 aromatic carbocycles. The average Bonchev–Trinajstić information content (AvgIpc) is 3.93. The quantitative estimate of drug-likeness (QED) is 0.144. The third-order valence-electron chi connectivity index (χ3n) is 12.3. The molecule has 0 atom stereocenters. The Labute approximate surface area is 376 Å². The molecule has 2 aromatic heterocycles. The minimum atomic E-state index is 0.916. The van der Waals surface area contributed by atoms with Crippen LogP contribution in [0.3, 0.4) is 0 Å². The van der Waals surface area contributed by atoms with Crippen molar-refractivity contribution in [1.82, 2.24) is 0 Å². The Morgan fingerprint density at radius 3 is 1.08 bits per heavy atom. The van der Waals surface area contributed by atoms with E-state index in [1.807, 2.05) is 23.5 Å². The first kappa shape index (κ1) is 37.6. The lowest BCUT2D eigenvalue weighted by Crippen LogP contribution is -2.09. The molecule has 64 heavy (non-hydrogen) atoms. The third-order valence-corrected chi connectivity index (χ3v) is 13.4. The van der Waals surface area contributed by atoms with E-state index in [-0.39, 0.29) is 0 Å². The molecular weight excluding hydrogens is 797 g/mol. The van der Waals surface area contributed by atoms with Crippen molar-refractivity contribution in [3.05, 3.63) is 243 Å². The van der Waals surface area contributed by atoms with Crippen molar-refractivity contribution in [2.45, 2.75) is 0 Å². The molecule has 3 nitrogen and oxygen atoms in total. The Balaban J connectivity index is 0.832. The lowest BCUT2D eigenvalue weighted by molar-refractivity contribution is 0.669. The van der Waals surface area contributed by atoms with Crippen LogP contribution in [0.25, 0.3) is 75.5 Å². The first-order chi connectivity index (χ1) is 31.7. The normalized spacial score (nSPS) is 11.4. The van der Waals surface area contributed by atoms with Gasteiger partial charge in [-0.05, 0) is 149 Å². The van der Waals surface area contributed by atoms with E-state index in [2.05, 4.69) is 240 Å². The Bertz CT molecular complexity index is 3540. The molecule has 0 saturated carbocycles. The zero-order valence-electron chi connectivity index (χ0n) is 34.8. The van der Waals surface area contributed by atoms with Crippen LogP contribution in [0.15, 0.2) is 247 Å². The summed E-state index contributed by atoms with van der Waals surface area (Å²) in [6.45, 7) is 0. The van der Waals surface area contributed by atoms with Gasteiger partial charge in [0, 0.05) is 65.1 Å². The van der Waals surface area contributed by atoms with Gasteiger partial charge in [-0.1, -0.05) is 127 Å². The molecule has 0 aliphatic rings. The highest BCUT2D eigenvalue weighted by atomic mass is 32.1. The maximum atomic E-state index is 6.25. The van der Waals surface area contributed by atoms with Crippen LogP contribution in [0, 0.1) is 0 Å². The van der Waals surface area contributed by atoms with Gasteiger partial charge in [-0.15, -0.1) is 11.3 Å². The minimum absolute atomic E-state index is 0.916. The van der Waals surface area contributed by atoms with Gasteiger partial charge in [0.05, 0.1) is 0 Å². The standard InChI is InChI=1S/C60H40N2OS/c1-4-12-47(13-5-1)61(48-14-6-2-7-15-48)50-29-20-41(21-30-50)42-22-31-51(32-23-42)62(49-16-8-3-9-17-49)52-33-24-43(25-34-52)44-27-36-59-55(38-44)56-39-45(28-37-60(56)64-59)46-26-35-54-53-18-10-11-19-57(53)63-58(54)40-46/h1-40H. The smallest absolute Gasteiger partial charge is 0.136 e. The number of hydrogen-bond donors (Lipinski definition) is 0. The van der Waals surface area contributed by atoms with Gasteiger partial charge in [0.25, 0.3) is 0 Å². The summed E-state index contributed by atoms with van der Waals surface area (Å²) in [5.41, 5.74) is 15.6. The van der Waals surface area contributed by atoms with Crippen LogP contribution in [0.2, 0.25) is 0 Å². The van der Waals surface area contributed by atoms with E-state index in [1.165, 1.54) is 48.0 Å². The van der Waals surface area contributed by atoms with E-state index in [0.717, 1.165) is 61.6 Å². The molecule has 0 unspecified atom stereocenters. The van der Waals surface area contributed by atoms with E-state index in [1.54, 1.807) is 0 Å². The molecule has 0 spiro atoms.